The molecule has 0 spiro atoms. The maximum absolute atomic E-state index is 10.5. The quantitative estimate of drug-likeness (QED) is 0.784. The van der Waals surface area contributed by atoms with Gasteiger partial charge in [-0.25, -0.2) is 0 Å². The van der Waals surface area contributed by atoms with E-state index in [1.807, 2.05) is 18.2 Å². The molecule has 1 aliphatic carbocycles. The molecule has 3 atom stereocenters. The Hall–Kier alpha value is -1.35. The standard InChI is InChI=1S/C12H15NO2/c13-11(7-12(14)15)10-6-9(10)8-4-2-1-3-5-8/h1-5,9-11H,6-7,13H2,(H,14,15). The number of carbonyl (C=O) groups is 1. The van der Waals surface area contributed by atoms with Gasteiger partial charge in [0, 0.05) is 6.04 Å². The van der Waals surface area contributed by atoms with Crippen LogP contribution in [-0.4, -0.2) is 17.1 Å². The number of carboxylic acid groups (broad SMARTS) is 1. The van der Waals surface area contributed by atoms with Gasteiger partial charge in [-0.15, -0.1) is 0 Å². The predicted molar refractivity (Wildman–Crippen MR) is 57.5 cm³/mol. The van der Waals surface area contributed by atoms with Gasteiger partial charge in [0.2, 0.25) is 0 Å². The molecule has 0 heterocycles. The molecule has 3 unspecified atom stereocenters. The lowest BCUT2D eigenvalue weighted by Gasteiger charge is -2.07. The van der Waals surface area contributed by atoms with E-state index < -0.39 is 5.97 Å². The van der Waals surface area contributed by atoms with E-state index in [1.54, 1.807) is 0 Å². The first-order valence-corrected chi connectivity index (χ1v) is 5.21. The molecule has 15 heavy (non-hydrogen) atoms. The summed E-state index contributed by atoms with van der Waals surface area (Å²) in [5.41, 5.74) is 7.11. The Morgan fingerprint density at radius 1 is 1.47 bits per heavy atom. The summed E-state index contributed by atoms with van der Waals surface area (Å²) in [4.78, 5) is 10.5. The smallest absolute Gasteiger partial charge is 0.304 e. The summed E-state index contributed by atoms with van der Waals surface area (Å²) in [6, 6.07) is 9.96. The van der Waals surface area contributed by atoms with Crippen molar-refractivity contribution in [3.63, 3.8) is 0 Å². The van der Waals surface area contributed by atoms with Crippen LogP contribution in [0.5, 0.6) is 0 Å². The summed E-state index contributed by atoms with van der Waals surface area (Å²) >= 11 is 0. The Labute approximate surface area is 88.9 Å². The molecule has 1 fully saturated rings. The van der Waals surface area contributed by atoms with Crippen molar-refractivity contribution in [1.82, 2.24) is 0 Å². The summed E-state index contributed by atoms with van der Waals surface area (Å²) in [6.07, 6.45) is 1.10. The number of nitrogens with two attached hydrogens (primary N) is 1. The Kier molecular flexibility index (Phi) is 2.73. The van der Waals surface area contributed by atoms with Gasteiger partial charge < -0.3 is 10.8 Å². The van der Waals surface area contributed by atoms with E-state index in [9.17, 15) is 4.79 Å². The van der Waals surface area contributed by atoms with Gasteiger partial charge in [0.25, 0.3) is 0 Å². The first-order valence-electron chi connectivity index (χ1n) is 5.21. The van der Waals surface area contributed by atoms with Crippen LogP contribution in [0.3, 0.4) is 0 Å². The average Bonchev–Trinajstić information content (AvgIpc) is 2.97. The third-order valence-corrected chi connectivity index (χ3v) is 3.03. The number of benzene rings is 1. The molecular weight excluding hydrogens is 190 g/mol. The third-order valence-electron chi connectivity index (χ3n) is 3.03. The van der Waals surface area contributed by atoms with Crippen LogP contribution in [0, 0.1) is 5.92 Å². The van der Waals surface area contributed by atoms with E-state index in [0.717, 1.165) is 6.42 Å². The summed E-state index contributed by atoms with van der Waals surface area (Å²) in [5, 5.41) is 8.64. The van der Waals surface area contributed by atoms with Crippen molar-refractivity contribution in [2.24, 2.45) is 11.7 Å². The van der Waals surface area contributed by atoms with Crippen molar-refractivity contribution in [3.8, 4) is 0 Å². The van der Waals surface area contributed by atoms with Gasteiger partial charge in [-0.3, -0.25) is 4.79 Å². The fraction of sp³-hybridized carbons (Fsp3) is 0.417. The topological polar surface area (TPSA) is 63.3 Å². The molecule has 3 N–H and O–H groups in total. The predicted octanol–water partition coefficient (Wildman–Crippen LogP) is 1.59. The van der Waals surface area contributed by atoms with Gasteiger partial charge in [0.1, 0.15) is 0 Å². The highest BCUT2D eigenvalue weighted by atomic mass is 16.4. The number of hydrogen-bond acceptors (Lipinski definition) is 2. The van der Waals surface area contributed by atoms with Crippen molar-refractivity contribution in [2.45, 2.75) is 24.8 Å². The molecule has 0 aromatic heterocycles. The Bertz CT molecular complexity index is 350. The van der Waals surface area contributed by atoms with E-state index >= 15 is 0 Å². The van der Waals surface area contributed by atoms with Gasteiger partial charge >= 0.3 is 5.97 Å². The second kappa shape index (κ2) is 4.03. The van der Waals surface area contributed by atoms with Crippen molar-refractivity contribution in [2.75, 3.05) is 0 Å². The van der Waals surface area contributed by atoms with Crippen LogP contribution in [0.15, 0.2) is 30.3 Å². The van der Waals surface area contributed by atoms with E-state index in [4.69, 9.17) is 10.8 Å². The van der Waals surface area contributed by atoms with Gasteiger partial charge in [0.15, 0.2) is 0 Å². The summed E-state index contributed by atoms with van der Waals surface area (Å²) in [6.45, 7) is 0. The highest BCUT2D eigenvalue weighted by Gasteiger charge is 2.42. The molecule has 1 aromatic carbocycles. The minimum Gasteiger partial charge on any atom is -0.481 e. The summed E-state index contributed by atoms with van der Waals surface area (Å²) in [7, 11) is 0. The van der Waals surface area contributed by atoms with Crippen LogP contribution in [0.1, 0.15) is 24.3 Å². The van der Waals surface area contributed by atoms with Crippen LogP contribution in [0.2, 0.25) is 0 Å². The minimum atomic E-state index is -0.804. The lowest BCUT2D eigenvalue weighted by Crippen LogP contribution is -2.26. The Morgan fingerprint density at radius 2 is 2.13 bits per heavy atom. The van der Waals surface area contributed by atoms with Crippen LogP contribution in [-0.2, 0) is 4.79 Å². The molecule has 0 radical (unpaired) electrons. The van der Waals surface area contributed by atoms with Gasteiger partial charge in [0.05, 0.1) is 6.42 Å². The zero-order chi connectivity index (χ0) is 10.8. The van der Waals surface area contributed by atoms with Gasteiger partial charge in [-0.2, -0.15) is 0 Å². The molecule has 0 saturated heterocycles. The number of rotatable bonds is 4. The monoisotopic (exact) mass is 205 g/mol. The lowest BCUT2D eigenvalue weighted by atomic mass is 10.0. The Morgan fingerprint density at radius 3 is 2.73 bits per heavy atom. The molecule has 1 saturated carbocycles. The molecule has 3 heteroatoms. The van der Waals surface area contributed by atoms with Crippen LogP contribution < -0.4 is 5.73 Å². The van der Waals surface area contributed by atoms with E-state index in [-0.39, 0.29) is 12.5 Å². The Balaban J connectivity index is 1.93. The third kappa shape index (κ3) is 2.36. The lowest BCUT2D eigenvalue weighted by molar-refractivity contribution is -0.137. The molecule has 0 amide bonds. The van der Waals surface area contributed by atoms with E-state index in [1.165, 1.54) is 5.56 Å². The average molecular weight is 205 g/mol. The van der Waals surface area contributed by atoms with Crippen molar-refractivity contribution in [3.05, 3.63) is 35.9 Å². The molecule has 3 nitrogen and oxygen atoms in total. The largest absolute Gasteiger partial charge is 0.481 e. The molecule has 0 bridgehead atoms. The van der Waals surface area contributed by atoms with E-state index in [2.05, 4.69) is 12.1 Å². The fourth-order valence-electron chi connectivity index (χ4n) is 2.12. The summed E-state index contributed by atoms with van der Waals surface area (Å²) < 4.78 is 0. The molecular formula is C12H15NO2. The van der Waals surface area contributed by atoms with Gasteiger partial charge in [-0.05, 0) is 23.8 Å². The van der Waals surface area contributed by atoms with E-state index in [0.29, 0.717) is 11.8 Å². The van der Waals surface area contributed by atoms with Crippen molar-refractivity contribution < 1.29 is 9.90 Å². The highest BCUT2D eigenvalue weighted by molar-refractivity contribution is 5.67. The zero-order valence-corrected chi connectivity index (χ0v) is 8.47. The second-order valence-corrected chi connectivity index (χ2v) is 4.18. The van der Waals surface area contributed by atoms with Crippen molar-refractivity contribution in [1.29, 1.82) is 0 Å². The SMILES string of the molecule is NC(CC(=O)O)C1CC1c1ccccc1. The van der Waals surface area contributed by atoms with Crippen LogP contribution in [0.4, 0.5) is 0 Å². The number of carboxylic acids is 1. The normalized spacial score (nSPS) is 25.9. The van der Waals surface area contributed by atoms with Gasteiger partial charge in [-0.1, -0.05) is 30.3 Å². The molecule has 80 valence electrons. The first kappa shape index (κ1) is 10.2. The molecule has 0 aliphatic heterocycles. The number of aliphatic carboxylic acids is 1. The molecule has 2 rings (SSSR count). The first-order chi connectivity index (χ1) is 7.18. The minimum absolute atomic E-state index is 0.0774. The van der Waals surface area contributed by atoms with Crippen molar-refractivity contribution >= 4 is 5.97 Å². The van der Waals surface area contributed by atoms with Crippen LogP contribution in [0.25, 0.3) is 0 Å². The summed E-state index contributed by atoms with van der Waals surface area (Å²) in [5.74, 6) is 0.0188. The molecule has 1 aliphatic rings. The fourth-order valence-corrected chi connectivity index (χ4v) is 2.12. The maximum atomic E-state index is 10.5. The highest BCUT2D eigenvalue weighted by Crippen LogP contribution is 2.49. The number of hydrogen-bond donors (Lipinski definition) is 2. The zero-order valence-electron chi connectivity index (χ0n) is 8.47. The van der Waals surface area contributed by atoms with Crippen LogP contribution >= 0.6 is 0 Å². The second-order valence-electron chi connectivity index (χ2n) is 4.18. The maximum Gasteiger partial charge on any atom is 0.304 e. The molecule has 1 aromatic rings.